The maximum absolute atomic E-state index is 12.3. The molecule has 3 N–H and O–H groups in total. The molecule has 2 heterocycles. The van der Waals surface area contributed by atoms with Crippen molar-refractivity contribution in [3.05, 3.63) is 71.5 Å². The van der Waals surface area contributed by atoms with Crippen LogP contribution < -0.4 is 11.1 Å². The molecule has 0 radical (unpaired) electrons. The normalized spacial score (nSPS) is 10.7. The Balaban J connectivity index is 1.76. The van der Waals surface area contributed by atoms with E-state index < -0.39 is 0 Å². The van der Waals surface area contributed by atoms with Crippen molar-refractivity contribution in [2.24, 2.45) is 0 Å². The number of fused-ring (bicyclic) bond motifs is 1. The molecular weight excluding hydrogens is 364 g/mol. The number of rotatable bonds is 3. The quantitative estimate of drug-likeness (QED) is 0.566. The lowest BCUT2D eigenvalue weighted by Crippen LogP contribution is -2.16. The summed E-state index contributed by atoms with van der Waals surface area (Å²) in [5, 5.41) is 4.99. The molecular formula is C19H13ClN6O. The molecule has 0 fully saturated rings. The Hall–Kier alpha value is -3.58. The Labute approximate surface area is 159 Å². The van der Waals surface area contributed by atoms with Gasteiger partial charge in [0, 0.05) is 28.4 Å². The molecule has 4 rings (SSSR count). The highest BCUT2D eigenvalue weighted by Crippen LogP contribution is 2.31. The number of halogens is 1. The number of nitrogen functional groups attached to an aromatic ring is 1. The van der Waals surface area contributed by atoms with Crippen LogP contribution in [0.15, 0.2) is 60.9 Å². The van der Waals surface area contributed by atoms with E-state index in [9.17, 15) is 4.79 Å². The molecule has 1 amide bonds. The number of carbonyl (C=O) groups excluding carboxylic acids is 1. The first-order chi connectivity index (χ1) is 13.1. The highest BCUT2D eigenvalue weighted by molar-refractivity contribution is 6.36. The van der Waals surface area contributed by atoms with Crippen LogP contribution in [0, 0.1) is 0 Å². The van der Waals surface area contributed by atoms with Gasteiger partial charge in [-0.15, -0.1) is 0 Å². The maximum Gasteiger partial charge on any atom is 0.259 e. The Bertz CT molecular complexity index is 1150. The van der Waals surface area contributed by atoms with Crippen molar-refractivity contribution < 1.29 is 4.79 Å². The Morgan fingerprint density at radius 3 is 2.56 bits per heavy atom. The summed E-state index contributed by atoms with van der Waals surface area (Å²) >= 11 is 6.27. The largest absolute Gasteiger partial charge is 0.368 e. The molecule has 0 unspecified atom stereocenters. The molecule has 0 saturated carbocycles. The Morgan fingerprint density at radius 1 is 0.963 bits per heavy atom. The van der Waals surface area contributed by atoms with Crippen molar-refractivity contribution >= 4 is 40.2 Å². The lowest BCUT2D eigenvalue weighted by Gasteiger charge is -2.09. The summed E-state index contributed by atoms with van der Waals surface area (Å²) in [4.78, 5) is 28.8. The Kier molecular flexibility index (Phi) is 4.35. The van der Waals surface area contributed by atoms with Gasteiger partial charge in [-0.3, -0.25) is 15.1 Å². The lowest BCUT2D eigenvalue weighted by atomic mass is 10.0. The van der Waals surface area contributed by atoms with Crippen LogP contribution in [0.1, 0.15) is 10.4 Å². The molecule has 0 atom stereocenters. The molecule has 27 heavy (non-hydrogen) atoms. The number of hydrogen-bond acceptors (Lipinski definition) is 6. The summed E-state index contributed by atoms with van der Waals surface area (Å²) in [6, 6.07) is 14.5. The fourth-order valence-electron chi connectivity index (χ4n) is 2.70. The van der Waals surface area contributed by atoms with Crippen LogP contribution in [-0.2, 0) is 0 Å². The highest BCUT2D eigenvalue weighted by atomic mass is 35.5. The minimum atomic E-state index is -0.388. The van der Waals surface area contributed by atoms with E-state index in [1.807, 2.05) is 30.3 Å². The maximum atomic E-state index is 12.3. The summed E-state index contributed by atoms with van der Waals surface area (Å²) in [5.74, 6) is 0.0170. The first kappa shape index (κ1) is 16.9. The third kappa shape index (κ3) is 3.40. The van der Waals surface area contributed by atoms with Crippen molar-refractivity contribution in [1.29, 1.82) is 0 Å². The zero-order valence-electron chi connectivity index (χ0n) is 13.9. The number of amides is 1. The smallest absolute Gasteiger partial charge is 0.259 e. The van der Waals surface area contributed by atoms with E-state index in [2.05, 4.69) is 25.3 Å². The molecule has 0 spiro atoms. The molecule has 0 saturated heterocycles. The SMILES string of the molecule is Nc1nc(NC(=O)c2cccnc2)nc(-c2ccc(Cl)c3ccccc23)n1. The molecule has 7 nitrogen and oxygen atoms in total. The number of hydrogen-bond donors (Lipinski definition) is 2. The molecule has 2 aromatic carbocycles. The second-order valence-electron chi connectivity index (χ2n) is 5.68. The Morgan fingerprint density at radius 2 is 1.78 bits per heavy atom. The van der Waals surface area contributed by atoms with Crippen molar-refractivity contribution in [3.63, 3.8) is 0 Å². The van der Waals surface area contributed by atoms with Crippen LogP contribution in [-0.4, -0.2) is 25.8 Å². The molecule has 0 aliphatic carbocycles. The first-order valence-corrected chi connectivity index (χ1v) is 8.40. The van der Waals surface area contributed by atoms with Crippen molar-refractivity contribution in [3.8, 4) is 11.4 Å². The van der Waals surface area contributed by atoms with Crippen molar-refractivity contribution in [2.75, 3.05) is 11.1 Å². The minimum Gasteiger partial charge on any atom is -0.368 e. The van der Waals surface area contributed by atoms with Crippen LogP contribution in [0.4, 0.5) is 11.9 Å². The average Bonchev–Trinajstić information content (AvgIpc) is 2.68. The number of aromatic nitrogens is 4. The van der Waals surface area contributed by atoms with E-state index in [1.54, 1.807) is 24.4 Å². The van der Waals surface area contributed by atoms with Crippen LogP contribution in [0.3, 0.4) is 0 Å². The third-order valence-electron chi connectivity index (χ3n) is 3.91. The van der Waals surface area contributed by atoms with Gasteiger partial charge in [0.2, 0.25) is 11.9 Å². The van der Waals surface area contributed by atoms with Gasteiger partial charge in [0.1, 0.15) is 0 Å². The third-order valence-corrected chi connectivity index (χ3v) is 4.24. The van der Waals surface area contributed by atoms with Gasteiger partial charge in [-0.05, 0) is 29.7 Å². The highest BCUT2D eigenvalue weighted by Gasteiger charge is 2.14. The molecule has 0 bridgehead atoms. The number of nitrogens with one attached hydrogen (secondary N) is 1. The lowest BCUT2D eigenvalue weighted by molar-refractivity contribution is 0.102. The second kappa shape index (κ2) is 6.97. The van der Waals surface area contributed by atoms with Crippen LogP contribution in [0.5, 0.6) is 0 Å². The number of nitrogens with zero attached hydrogens (tertiary/aromatic N) is 4. The summed E-state index contributed by atoms with van der Waals surface area (Å²) < 4.78 is 0. The number of nitrogens with two attached hydrogens (primary N) is 1. The van der Waals surface area contributed by atoms with Crippen LogP contribution in [0.2, 0.25) is 5.02 Å². The standard InChI is InChI=1S/C19H13ClN6O/c20-15-8-7-14(12-5-1-2-6-13(12)15)16-23-18(21)26-19(24-16)25-17(27)11-4-3-9-22-10-11/h1-10H,(H3,21,23,24,25,26,27). The summed E-state index contributed by atoms with van der Waals surface area (Å²) in [6.45, 7) is 0. The van der Waals surface area contributed by atoms with Gasteiger partial charge >= 0.3 is 0 Å². The average molecular weight is 377 g/mol. The van der Waals surface area contributed by atoms with E-state index in [0.29, 0.717) is 16.4 Å². The zero-order valence-corrected chi connectivity index (χ0v) is 14.7. The molecule has 0 aliphatic rings. The van der Waals surface area contributed by atoms with Gasteiger partial charge in [-0.25, -0.2) is 0 Å². The number of carbonyl (C=O) groups is 1. The summed E-state index contributed by atoms with van der Waals surface area (Å²) in [6.07, 6.45) is 3.04. The number of pyridine rings is 1. The van der Waals surface area contributed by atoms with E-state index in [-0.39, 0.29) is 17.8 Å². The first-order valence-electron chi connectivity index (χ1n) is 8.02. The van der Waals surface area contributed by atoms with Gasteiger partial charge < -0.3 is 5.73 Å². The van der Waals surface area contributed by atoms with Crippen molar-refractivity contribution in [2.45, 2.75) is 0 Å². The predicted molar refractivity (Wildman–Crippen MR) is 104 cm³/mol. The molecule has 4 aromatic rings. The van der Waals surface area contributed by atoms with Gasteiger partial charge in [0.25, 0.3) is 5.91 Å². The minimum absolute atomic E-state index is 0.000479. The number of benzene rings is 2. The molecule has 8 heteroatoms. The van der Waals surface area contributed by atoms with Crippen molar-refractivity contribution in [1.82, 2.24) is 19.9 Å². The zero-order chi connectivity index (χ0) is 18.8. The van der Waals surface area contributed by atoms with Crippen LogP contribution >= 0.6 is 11.6 Å². The molecule has 2 aromatic heterocycles. The fourth-order valence-corrected chi connectivity index (χ4v) is 2.92. The van der Waals surface area contributed by atoms with Gasteiger partial charge in [-0.1, -0.05) is 35.9 Å². The van der Waals surface area contributed by atoms with E-state index in [4.69, 9.17) is 17.3 Å². The van der Waals surface area contributed by atoms with Gasteiger partial charge in [-0.2, -0.15) is 15.0 Å². The predicted octanol–water partition coefficient (Wildman–Crippen LogP) is 3.57. The van der Waals surface area contributed by atoms with E-state index >= 15 is 0 Å². The van der Waals surface area contributed by atoms with E-state index in [1.165, 1.54) is 6.20 Å². The molecule has 0 aliphatic heterocycles. The monoisotopic (exact) mass is 376 g/mol. The number of anilines is 2. The fraction of sp³-hybridized carbons (Fsp3) is 0. The topological polar surface area (TPSA) is 107 Å². The summed E-state index contributed by atoms with van der Waals surface area (Å²) in [7, 11) is 0. The van der Waals surface area contributed by atoms with Crippen LogP contribution in [0.25, 0.3) is 22.2 Å². The summed E-state index contributed by atoms with van der Waals surface area (Å²) in [5.41, 5.74) is 6.95. The second-order valence-corrected chi connectivity index (χ2v) is 6.08. The van der Waals surface area contributed by atoms with E-state index in [0.717, 1.165) is 16.3 Å². The van der Waals surface area contributed by atoms with Gasteiger partial charge in [0.05, 0.1) is 5.56 Å². The van der Waals surface area contributed by atoms with Gasteiger partial charge in [0.15, 0.2) is 5.82 Å². The molecule has 132 valence electrons.